The molecule has 0 radical (unpaired) electrons. The summed E-state index contributed by atoms with van der Waals surface area (Å²) in [6.45, 7) is 23.8. The molecule has 322 valence electrons. The number of hydrogen-bond acceptors (Lipinski definition) is 3. The van der Waals surface area contributed by atoms with E-state index in [4.69, 9.17) is 48.3 Å². The Morgan fingerprint density at radius 2 is 0.649 bits per heavy atom. The Labute approximate surface area is 388 Å². The molecule has 0 aliphatic heterocycles. The van der Waals surface area contributed by atoms with Crippen molar-refractivity contribution in [3.05, 3.63) is 119 Å². The van der Waals surface area contributed by atoms with Gasteiger partial charge in [0.1, 0.15) is 0 Å². The van der Waals surface area contributed by atoms with E-state index in [2.05, 4.69) is 166 Å². The van der Waals surface area contributed by atoms with Gasteiger partial charge in [0.05, 0.1) is 16.8 Å². The Bertz CT molecular complexity index is 1160. The Hall–Kier alpha value is 0.206. The van der Waals surface area contributed by atoms with E-state index in [-0.39, 0.29) is 16.8 Å². The number of hydrogen-bond donors (Lipinski definition) is 0. The third-order valence-electron chi connectivity index (χ3n) is 7.93. The molecule has 0 saturated carbocycles. The summed E-state index contributed by atoms with van der Waals surface area (Å²) in [5.74, 6) is 0. The van der Waals surface area contributed by atoms with Crippen molar-refractivity contribution in [3.63, 3.8) is 0 Å². The van der Waals surface area contributed by atoms with Crippen LogP contribution in [0.4, 0.5) is 0 Å². The molecule has 0 heterocycles. The molecule has 4 rings (SSSR count). The van der Waals surface area contributed by atoms with Crippen molar-refractivity contribution in [1.82, 2.24) is 0 Å². The molecule has 0 N–H and O–H groups in total. The van der Waals surface area contributed by atoms with Crippen LogP contribution in [0.3, 0.4) is 0 Å². The number of aryl methyl sites for hydroxylation is 4. The second-order valence-corrected chi connectivity index (χ2v) is 24.1. The zero-order valence-electron chi connectivity index (χ0n) is 37.1. The summed E-state index contributed by atoms with van der Waals surface area (Å²) in [6.07, 6.45) is 14.5. The predicted molar refractivity (Wildman–Crippen MR) is 246 cm³/mol. The average molecular weight is 1030 g/mol. The van der Waals surface area contributed by atoms with E-state index in [0.29, 0.717) is 0 Å². The SMILES string of the molecule is CC(C)(C)OCCCCc1ccc[cH-]1.CC(C)(C)OCCCCc1ccc[cH-]1.CC(C)(C)OCCCCc1ccc[cH-]1.CCCCc1ccc[cH-]1.[Cl][Zr+2][Cl].[Cl][Zr+2][Cl]. The van der Waals surface area contributed by atoms with Crippen LogP contribution in [0.25, 0.3) is 0 Å². The van der Waals surface area contributed by atoms with Crippen molar-refractivity contribution in [2.24, 2.45) is 0 Å². The van der Waals surface area contributed by atoms with Crippen LogP contribution in [0.15, 0.2) is 97.1 Å². The molecule has 9 heteroatoms. The molecule has 4 aromatic rings. The molecule has 0 atom stereocenters. The van der Waals surface area contributed by atoms with Crippen LogP contribution >= 0.6 is 34.1 Å². The van der Waals surface area contributed by atoms with Gasteiger partial charge in [-0.05, 0) is 101 Å². The molecule has 0 aliphatic rings. The first-order chi connectivity index (χ1) is 27.0. The van der Waals surface area contributed by atoms with E-state index >= 15 is 0 Å². The molecule has 0 spiro atoms. The number of ether oxygens (including phenoxy) is 3. The van der Waals surface area contributed by atoms with Crippen molar-refractivity contribution in [2.45, 2.75) is 163 Å². The topological polar surface area (TPSA) is 27.7 Å². The van der Waals surface area contributed by atoms with Gasteiger partial charge < -0.3 is 14.2 Å². The fourth-order valence-corrected chi connectivity index (χ4v) is 5.13. The van der Waals surface area contributed by atoms with Crippen LogP contribution in [-0.2, 0) is 81.6 Å². The molecule has 0 bridgehead atoms. The first-order valence-corrected chi connectivity index (χ1v) is 33.3. The molecular formula is C48H76Cl4O3Zr2. The van der Waals surface area contributed by atoms with Gasteiger partial charge in [0.15, 0.2) is 0 Å². The summed E-state index contributed by atoms with van der Waals surface area (Å²) < 4.78 is 16.9. The van der Waals surface area contributed by atoms with Gasteiger partial charge in [-0.1, -0.05) is 45.4 Å². The zero-order valence-corrected chi connectivity index (χ0v) is 45.0. The van der Waals surface area contributed by atoms with Gasteiger partial charge in [-0.25, -0.2) is 48.5 Å². The number of rotatable bonds is 18. The quantitative estimate of drug-likeness (QED) is 0.0734. The van der Waals surface area contributed by atoms with Crippen LogP contribution in [0.5, 0.6) is 0 Å². The minimum atomic E-state index is -0.826. The third kappa shape index (κ3) is 47.1. The zero-order chi connectivity index (χ0) is 43.3. The fraction of sp³-hybridized carbons (Fsp3) is 0.583. The summed E-state index contributed by atoms with van der Waals surface area (Å²) in [7, 11) is 19.7. The van der Waals surface area contributed by atoms with E-state index in [1.165, 1.54) is 80.0 Å². The monoisotopic (exact) mass is 1020 g/mol. The van der Waals surface area contributed by atoms with Crippen molar-refractivity contribution in [1.29, 1.82) is 0 Å². The molecule has 0 unspecified atom stereocenters. The molecule has 4 aromatic carbocycles. The molecule has 0 fully saturated rings. The molecule has 0 aromatic heterocycles. The first kappa shape index (κ1) is 59.3. The summed E-state index contributed by atoms with van der Waals surface area (Å²) >= 11 is -1.65. The Morgan fingerprint density at radius 1 is 0.421 bits per heavy atom. The van der Waals surface area contributed by atoms with E-state index in [1.54, 1.807) is 0 Å². The minimum absolute atomic E-state index is 0.0142. The van der Waals surface area contributed by atoms with E-state index < -0.39 is 41.7 Å². The summed E-state index contributed by atoms with van der Waals surface area (Å²) in [5.41, 5.74) is 5.86. The average Bonchev–Trinajstić information content (AvgIpc) is 3.97. The third-order valence-corrected chi connectivity index (χ3v) is 7.93. The number of halogens is 4. The van der Waals surface area contributed by atoms with E-state index in [1.807, 2.05) is 0 Å². The summed E-state index contributed by atoms with van der Waals surface area (Å²) in [6, 6.07) is 34.3. The molecular weight excluding hydrogens is 949 g/mol. The molecule has 57 heavy (non-hydrogen) atoms. The van der Waals surface area contributed by atoms with Crippen molar-refractivity contribution >= 4 is 34.1 Å². The Morgan fingerprint density at radius 3 is 0.825 bits per heavy atom. The van der Waals surface area contributed by atoms with Gasteiger partial charge in [0.25, 0.3) is 0 Å². The summed E-state index contributed by atoms with van der Waals surface area (Å²) in [5, 5.41) is 0. The van der Waals surface area contributed by atoms with Crippen molar-refractivity contribution in [2.75, 3.05) is 19.8 Å². The first-order valence-electron chi connectivity index (χ1n) is 20.7. The summed E-state index contributed by atoms with van der Waals surface area (Å²) in [4.78, 5) is 0. The predicted octanol–water partition coefficient (Wildman–Crippen LogP) is 16.1. The second kappa shape index (κ2) is 39.1. The van der Waals surface area contributed by atoms with E-state index in [9.17, 15) is 0 Å². The molecule has 0 saturated heterocycles. The van der Waals surface area contributed by atoms with Crippen LogP contribution < -0.4 is 0 Å². The van der Waals surface area contributed by atoms with Gasteiger partial charge in [-0.15, -0.1) is 0 Å². The Kier molecular flexibility index (Phi) is 40.7. The van der Waals surface area contributed by atoms with E-state index in [0.717, 1.165) is 39.1 Å². The van der Waals surface area contributed by atoms with Crippen LogP contribution in [0.1, 0.15) is 143 Å². The molecule has 0 aliphatic carbocycles. The number of unbranched alkanes of at least 4 members (excludes halogenated alkanes) is 4. The van der Waals surface area contributed by atoms with Gasteiger partial charge in [-0.3, -0.25) is 0 Å². The molecule has 0 amide bonds. The standard InChI is InChI=1S/3C13H21O.C9H13.4ClH.2Zr/c3*1-13(2,3)14-11-7-6-10-12-8-4-5-9-12;1-2-3-6-9-7-4-5-8-9;;;;;;/h3*4-5,8-9H,6-7,10-11H2,1-3H3;4-5,7-8H,2-3,6H2,1H3;4*1H;;/q4*-1;;;;;2*+4/p-4. The normalized spacial score (nSPS) is 10.7. The van der Waals surface area contributed by atoms with Gasteiger partial charge in [0.2, 0.25) is 0 Å². The van der Waals surface area contributed by atoms with Crippen LogP contribution in [-0.4, -0.2) is 36.6 Å². The maximum atomic E-state index is 5.65. The van der Waals surface area contributed by atoms with Gasteiger partial charge in [-0.2, -0.15) is 70.8 Å². The van der Waals surface area contributed by atoms with Gasteiger partial charge >= 0.3 is 75.7 Å². The van der Waals surface area contributed by atoms with Crippen molar-refractivity contribution < 1.29 is 55.9 Å². The fourth-order valence-electron chi connectivity index (χ4n) is 5.13. The van der Waals surface area contributed by atoms with Crippen LogP contribution in [0.2, 0.25) is 0 Å². The second-order valence-electron chi connectivity index (χ2n) is 16.7. The molecule has 3 nitrogen and oxygen atoms in total. The van der Waals surface area contributed by atoms with Crippen LogP contribution in [0, 0.1) is 0 Å². The Balaban J connectivity index is 0. The van der Waals surface area contributed by atoms with Gasteiger partial charge in [0, 0.05) is 19.8 Å². The van der Waals surface area contributed by atoms with Crippen molar-refractivity contribution in [3.8, 4) is 0 Å². The maximum absolute atomic E-state index is 5.65.